The van der Waals surface area contributed by atoms with E-state index in [0.29, 0.717) is 6.02 Å². The summed E-state index contributed by atoms with van der Waals surface area (Å²) >= 11 is 0. The third-order valence-electron chi connectivity index (χ3n) is 6.06. The highest BCUT2D eigenvalue weighted by molar-refractivity contribution is 6.14. The smallest absolute Gasteiger partial charge is 0.298 e. The SMILES string of the molecule is COC1=Nc2ccccc2C2=NCC(CN3CCN(c4ccccc4OC)CC3)N12. The third-order valence-corrected chi connectivity index (χ3v) is 6.06. The van der Waals surface area contributed by atoms with E-state index in [2.05, 4.69) is 32.9 Å². The quantitative estimate of drug-likeness (QED) is 0.783. The molecular weight excluding hydrogens is 378 g/mol. The average molecular weight is 406 g/mol. The number of piperazine rings is 1. The lowest BCUT2D eigenvalue weighted by Crippen LogP contribution is -2.53. The predicted molar refractivity (Wildman–Crippen MR) is 119 cm³/mol. The molecule has 3 aliphatic rings. The fourth-order valence-electron chi connectivity index (χ4n) is 4.55. The molecule has 0 aliphatic carbocycles. The van der Waals surface area contributed by atoms with E-state index in [1.165, 1.54) is 5.69 Å². The Bertz CT molecular complexity index is 981. The highest BCUT2D eigenvalue weighted by Crippen LogP contribution is 2.32. The van der Waals surface area contributed by atoms with E-state index in [1.54, 1.807) is 14.2 Å². The van der Waals surface area contributed by atoms with E-state index in [9.17, 15) is 0 Å². The second-order valence-corrected chi connectivity index (χ2v) is 7.76. The maximum atomic E-state index is 5.64. The maximum Gasteiger partial charge on any atom is 0.298 e. The molecule has 0 radical (unpaired) electrons. The Morgan fingerprint density at radius 2 is 1.70 bits per heavy atom. The average Bonchev–Trinajstić information content (AvgIpc) is 3.23. The number of rotatable bonds is 4. The van der Waals surface area contributed by atoms with Gasteiger partial charge in [0, 0.05) is 38.3 Å². The highest BCUT2D eigenvalue weighted by Gasteiger charge is 2.38. The zero-order valence-electron chi connectivity index (χ0n) is 17.5. The summed E-state index contributed by atoms with van der Waals surface area (Å²) in [6, 6.07) is 17.3. The Labute approximate surface area is 177 Å². The molecule has 1 atom stereocenters. The van der Waals surface area contributed by atoms with E-state index in [1.807, 2.05) is 30.3 Å². The molecule has 0 spiro atoms. The van der Waals surface area contributed by atoms with Crippen molar-refractivity contribution in [3.63, 3.8) is 0 Å². The van der Waals surface area contributed by atoms with Crippen LogP contribution in [-0.4, -0.2) is 81.2 Å². The van der Waals surface area contributed by atoms with Crippen molar-refractivity contribution >= 4 is 23.2 Å². The van der Waals surface area contributed by atoms with Gasteiger partial charge in [-0.15, -0.1) is 0 Å². The van der Waals surface area contributed by atoms with Crippen LogP contribution < -0.4 is 9.64 Å². The number of hydrogen-bond acceptors (Lipinski definition) is 7. The summed E-state index contributed by atoms with van der Waals surface area (Å²) in [4.78, 5) is 16.7. The van der Waals surface area contributed by atoms with E-state index < -0.39 is 0 Å². The van der Waals surface area contributed by atoms with Gasteiger partial charge in [0.2, 0.25) is 0 Å². The summed E-state index contributed by atoms with van der Waals surface area (Å²) in [5.74, 6) is 1.92. The molecule has 0 bridgehead atoms. The van der Waals surface area contributed by atoms with Crippen molar-refractivity contribution in [1.29, 1.82) is 0 Å². The summed E-state index contributed by atoms with van der Waals surface area (Å²) < 4.78 is 11.2. The van der Waals surface area contributed by atoms with Gasteiger partial charge in [0.25, 0.3) is 6.02 Å². The molecule has 0 saturated carbocycles. The molecule has 7 nitrogen and oxygen atoms in total. The number of nitrogens with zero attached hydrogens (tertiary/aromatic N) is 5. The van der Waals surface area contributed by atoms with Gasteiger partial charge in [-0.1, -0.05) is 24.3 Å². The summed E-state index contributed by atoms with van der Waals surface area (Å²) in [6.07, 6.45) is 0. The number of para-hydroxylation sites is 3. The largest absolute Gasteiger partial charge is 0.495 e. The molecule has 3 heterocycles. The van der Waals surface area contributed by atoms with Crippen LogP contribution in [0.4, 0.5) is 11.4 Å². The lowest BCUT2D eigenvalue weighted by molar-refractivity contribution is 0.207. The molecule has 30 heavy (non-hydrogen) atoms. The normalized spacial score (nSPS) is 20.9. The third kappa shape index (κ3) is 3.29. The lowest BCUT2D eigenvalue weighted by Gasteiger charge is -2.39. The molecule has 1 unspecified atom stereocenters. The Balaban J connectivity index is 1.26. The van der Waals surface area contributed by atoms with Crippen LogP contribution in [0.2, 0.25) is 0 Å². The molecule has 1 saturated heterocycles. The number of benzene rings is 2. The van der Waals surface area contributed by atoms with Crippen molar-refractivity contribution < 1.29 is 9.47 Å². The number of amidine groups is 2. The second-order valence-electron chi connectivity index (χ2n) is 7.76. The Morgan fingerprint density at radius 1 is 0.933 bits per heavy atom. The molecule has 2 aromatic rings. The molecule has 0 amide bonds. The van der Waals surface area contributed by atoms with Crippen LogP contribution in [0.25, 0.3) is 0 Å². The predicted octanol–water partition coefficient (Wildman–Crippen LogP) is 2.60. The fraction of sp³-hybridized carbons (Fsp3) is 0.391. The van der Waals surface area contributed by atoms with Crippen LogP contribution in [0.3, 0.4) is 0 Å². The van der Waals surface area contributed by atoms with Gasteiger partial charge in [-0.25, -0.2) is 0 Å². The summed E-state index contributed by atoms with van der Waals surface area (Å²) in [5, 5.41) is 0. The zero-order valence-corrected chi connectivity index (χ0v) is 17.5. The van der Waals surface area contributed by atoms with Crippen molar-refractivity contribution in [1.82, 2.24) is 9.80 Å². The van der Waals surface area contributed by atoms with Crippen LogP contribution in [-0.2, 0) is 4.74 Å². The van der Waals surface area contributed by atoms with Gasteiger partial charge in [0.05, 0.1) is 38.2 Å². The number of hydrogen-bond donors (Lipinski definition) is 0. The molecule has 156 valence electrons. The number of methoxy groups -OCH3 is 2. The Hall–Kier alpha value is -3.06. The maximum absolute atomic E-state index is 5.64. The number of anilines is 1. The van der Waals surface area contributed by atoms with Gasteiger partial charge < -0.3 is 14.4 Å². The molecule has 7 heteroatoms. The summed E-state index contributed by atoms with van der Waals surface area (Å²) in [7, 11) is 3.42. The molecule has 0 aromatic heterocycles. The van der Waals surface area contributed by atoms with Crippen molar-refractivity contribution in [2.24, 2.45) is 9.98 Å². The standard InChI is InChI=1S/C23H27N5O2/c1-29-21-10-6-5-9-20(21)27-13-11-26(12-14-27)16-17-15-24-22-18-7-3-4-8-19(18)25-23(30-2)28(17)22/h3-10,17H,11-16H2,1-2H3. The van der Waals surface area contributed by atoms with Crippen LogP contribution in [0, 0.1) is 0 Å². The monoisotopic (exact) mass is 405 g/mol. The van der Waals surface area contributed by atoms with Gasteiger partial charge in [-0.2, -0.15) is 4.99 Å². The van der Waals surface area contributed by atoms with Gasteiger partial charge in [-0.05, 0) is 24.3 Å². The first-order valence-corrected chi connectivity index (χ1v) is 10.4. The van der Waals surface area contributed by atoms with E-state index in [-0.39, 0.29) is 6.04 Å². The van der Waals surface area contributed by atoms with E-state index >= 15 is 0 Å². The van der Waals surface area contributed by atoms with Gasteiger partial charge in [0.1, 0.15) is 11.6 Å². The minimum atomic E-state index is 0.241. The first kappa shape index (κ1) is 18.9. The summed E-state index contributed by atoms with van der Waals surface area (Å²) in [5.41, 5.74) is 3.18. The molecule has 2 aromatic carbocycles. The molecule has 1 fully saturated rings. The number of fused-ring (bicyclic) bond motifs is 3. The van der Waals surface area contributed by atoms with E-state index in [4.69, 9.17) is 19.5 Å². The van der Waals surface area contributed by atoms with Crippen molar-refractivity contribution in [3.8, 4) is 5.75 Å². The van der Waals surface area contributed by atoms with Crippen LogP contribution in [0.1, 0.15) is 5.56 Å². The van der Waals surface area contributed by atoms with Gasteiger partial charge in [0.15, 0.2) is 0 Å². The lowest BCUT2D eigenvalue weighted by atomic mass is 10.1. The van der Waals surface area contributed by atoms with Crippen LogP contribution in [0.15, 0.2) is 58.5 Å². The minimum Gasteiger partial charge on any atom is -0.495 e. The van der Waals surface area contributed by atoms with E-state index in [0.717, 1.165) is 62.1 Å². The van der Waals surface area contributed by atoms with Crippen molar-refractivity contribution in [2.75, 3.05) is 58.4 Å². The zero-order chi connectivity index (χ0) is 20.5. The number of aliphatic imine (C=N–C) groups is 2. The van der Waals surface area contributed by atoms with Crippen LogP contribution in [0.5, 0.6) is 5.75 Å². The second kappa shape index (κ2) is 7.99. The first-order chi connectivity index (χ1) is 14.8. The van der Waals surface area contributed by atoms with Crippen molar-refractivity contribution in [3.05, 3.63) is 54.1 Å². The van der Waals surface area contributed by atoms with Crippen LogP contribution >= 0.6 is 0 Å². The first-order valence-electron chi connectivity index (χ1n) is 10.4. The minimum absolute atomic E-state index is 0.241. The summed E-state index contributed by atoms with van der Waals surface area (Å²) in [6.45, 7) is 5.68. The topological polar surface area (TPSA) is 52.9 Å². The molecule has 3 aliphatic heterocycles. The highest BCUT2D eigenvalue weighted by atomic mass is 16.5. The molecule has 5 rings (SSSR count). The van der Waals surface area contributed by atoms with Crippen molar-refractivity contribution in [2.45, 2.75) is 6.04 Å². The molecule has 0 N–H and O–H groups in total. The van der Waals surface area contributed by atoms with Gasteiger partial charge >= 0.3 is 0 Å². The Kier molecular flexibility index (Phi) is 5.04. The number of ether oxygens (including phenoxy) is 2. The fourth-order valence-corrected chi connectivity index (χ4v) is 4.55. The van der Waals surface area contributed by atoms with Gasteiger partial charge in [-0.3, -0.25) is 14.8 Å². The molecular formula is C23H27N5O2. The Morgan fingerprint density at radius 3 is 2.50 bits per heavy atom.